The Bertz CT molecular complexity index is 835. The number of hydrogen-bond donors (Lipinski definition) is 2. The Morgan fingerprint density at radius 2 is 1.96 bits per heavy atom. The first-order valence-electron chi connectivity index (χ1n) is 6.77. The van der Waals surface area contributed by atoms with Crippen molar-refractivity contribution in [2.75, 3.05) is 9.74 Å². The van der Waals surface area contributed by atoms with Crippen molar-refractivity contribution in [3.8, 4) is 0 Å². The molecule has 25 heavy (non-hydrogen) atoms. The monoisotopic (exact) mass is 480 g/mol. The van der Waals surface area contributed by atoms with Crippen LogP contribution in [0.2, 0.25) is 0 Å². The van der Waals surface area contributed by atoms with Crippen LogP contribution in [0.1, 0.15) is 16.8 Å². The van der Waals surface area contributed by atoms with Gasteiger partial charge >= 0.3 is 5.97 Å². The first-order chi connectivity index (χ1) is 11.6. The summed E-state index contributed by atoms with van der Waals surface area (Å²) in [7, 11) is -3.78. The molecule has 1 aromatic carbocycles. The summed E-state index contributed by atoms with van der Waals surface area (Å²) in [5.41, 5.74) is 0.486. The summed E-state index contributed by atoms with van der Waals surface area (Å²) in [5.74, 6) is -0.246. The number of imide groups is 1. The number of halogens is 1. The van der Waals surface area contributed by atoms with E-state index < -0.39 is 39.3 Å². The molecular weight excluding hydrogens is 467 g/mol. The predicted molar refractivity (Wildman–Crippen MR) is 97.5 cm³/mol. The summed E-state index contributed by atoms with van der Waals surface area (Å²) in [6, 6.07) is 5.58. The molecule has 1 saturated heterocycles. The maximum Gasteiger partial charge on any atom is 0.363 e. The molecule has 1 heterocycles. The largest absolute Gasteiger partial charge is 0.363 e. The van der Waals surface area contributed by atoms with Gasteiger partial charge in [-0.25, -0.2) is 9.00 Å². The third kappa shape index (κ3) is 4.55. The van der Waals surface area contributed by atoms with E-state index in [0.29, 0.717) is 5.69 Å². The number of hydrogen-bond acceptors (Lipinski definition) is 6. The summed E-state index contributed by atoms with van der Waals surface area (Å²) in [4.78, 5) is 51.7. The van der Waals surface area contributed by atoms with Crippen LogP contribution in [0.5, 0.6) is 0 Å². The maximum atomic E-state index is 12.0. The average Bonchev–Trinajstić information content (AvgIpc) is 2.83. The van der Waals surface area contributed by atoms with Crippen LogP contribution in [0.15, 0.2) is 24.3 Å². The number of carbonyl (C=O) groups is 4. The van der Waals surface area contributed by atoms with Crippen molar-refractivity contribution in [1.82, 2.24) is 5.06 Å². The molecule has 1 aromatic rings. The number of nitrogens with one attached hydrogen (secondary N) is 1. The normalized spacial score (nSPS) is 19.4. The number of amides is 3. The zero-order valence-electron chi connectivity index (χ0n) is 12.6. The van der Waals surface area contributed by atoms with Crippen LogP contribution < -0.4 is 5.32 Å². The second-order valence-electron chi connectivity index (χ2n) is 5.05. The van der Waals surface area contributed by atoms with Crippen LogP contribution in [0.3, 0.4) is 0 Å². The van der Waals surface area contributed by atoms with Gasteiger partial charge in [-0.2, -0.15) is 0 Å². The van der Waals surface area contributed by atoms with E-state index in [4.69, 9.17) is 4.84 Å². The van der Waals surface area contributed by atoms with Crippen LogP contribution in [-0.2, 0) is 29.0 Å². The Kier molecular flexibility index (Phi) is 5.80. The molecule has 2 atom stereocenters. The molecule has 1 fully saturated rings. The fourth-order valence-corrected chi connectivity index (χ4v) is 2.99. The number of carbonyl (C=O) groups excluding carboxylic acids is 4. The van der Waals surface area contributed by atoms with Gasteiger partial charge in [-0.3, -0.25) is 14.4 Å². The first-order valence-corrected chi connectivity index (χ1v) is 10.0. The van der Waals surface area contributed by atoms with E-state index in [2.05, 4.69) is 11.2 Å². The fraction of sp³-hybridized carbons (Fsp3) is 0.214. The molecule has 0 spiro atoms. The summed E-state index contributed by atoms with van der Waals surface area (Å²) in [5, 5.41) is 1.22. The lowest BCUT2D eigenvalue weighted by atomic mass is 10.2. The van der Waals surface area contributed by atoms with Gasteiger partial charge in [0, 0.05) is 5.69 Å². The molecule has 0 saturated carbocycles. The van der Waals surface area contributed by atoms with E-state index in [1.54, 1.807) is 0 Å². The minimum Gasteiger partial charge on any atom is -0.325 e. The minimum absolute atomic E-state index is 0.0240. The van der Waals surface area contributed by atoms with Crippen LogP contribution in [0, 0.1) is 0 Å². The maximum absolute atomic E-state index is 12.0. The number of rotatable bonds is 5. The number of benzene rings is 1. The van der Waals surface area contributed by atoms with Crippen molar-refractivity contribution in [2.45, 2.75) is 11.7 Å². The molecule has 2 N–H and O–H groups in total. The quantitative estimate of drug-likeness (QED) is 0.271. The Morgan fingerprint density at radius 1 is 1.36 bits per heavy atom. The molecule has 1 aliphatic heterocycles. The third-order valence-corrected chi connectivity index (χ3v) is 5.16. The third-order valence-electron chi connectivity index (χ3n) is 3.21. The summed E-state index contributed by atoms with van der Waals surface area (Å²) in [6.45, 7) is 0. The van der Waals surface area contributed by atoms with Gasteiger partial charge < -0.3 is 14.7 Å². The Labute approximate surface area is 156 Å². The van der Waals surface area contributed by atoms with E-state index in [0.717, 1.165) is 0 Å². The lowest BCUT2D eigenvalue weighted by Gasteiger charge is -2.14. The van der Waals surface area contributed by atoms with Crippen molar-refractivity contribution in [1.29, 1.82) is 0 Å². The van der Waals surface area contributed by atoms with Crippen LogP contribution in [-0.4, -0.2) is 53.1 Å². The molecule has 0 aliphatic carbocycles. The molecule has 3 amide bonds. The van der Waals surface area contributed by atoms with Gasteiger partial charge in [0.05, 0.1) is 26.2 Å². The molecule has 134 valence electrons. The number of anilines is 1. The molecular formula is C14H13IN2O7S. The topological polar surface area (TPSA) is 130 Å². The SMILES string of the molecule is C=S(=O)(O)C1CC(=O)N(OC(=O)c2ccc(NC(=O)CI)cc2)C1=O. The van der Waals surface area contributed by atoms with Crippen molar-refractivity contribution in [3.63, 3.8) is 0 Å². The van der Waals surface area contributed by atoms with Gasteiger partial charge in [0.2, 0.25) is 5.91 Å². The van der Waals surface area contributed by atoms with E-state index in [9.17, 15) is 27.9 Å². The van der Waals surface area contributed by atoms with Crippen molar-refractivity contribution >= 4 is 67.6 Å². The second kappa shape index (κ2) is 7.49. The summed E-state index contributed by atoms with van der Waals surface area (Å²) < 4.78 is 21.1. The first kappa shape index (κ1) is 19.3. The average molecular weight is 480 g/mol. The molecule has 11 heteroatoms. The molecule has 1 aliphatic rings. The zero-order valence-corrected chi connectivity index (χ0v) is 15.6. The predicted octanol–water partition coefficient (Wildman–Crippen LogP) is 0.449. The fourth-order valence-electron chi connectivity index (χ4n) is 1.99. The van der Waals surface area contributed by atoms with Gasteiger partial charge in [-0.05, 0) is 30.1 Å². The van der Waals surface area contributed by atoms with E-state index in [1.807, 2.05) is 22.6 Å². The lowest BCUT2D eigenvalue weighted by Crippen LogP contribution is -2.36. The van der Waals surface area contributed by atoms with Gasteiger partial charge in [0.1, 0.15) is 5.25 Å². The van der Waals surface area contributed by atoms with Crippen LogP contribution >= 0.6 is 22.6 Å². The van der Waals surface area contributed by atoms with Gasteiger partial charge in [-0.1, -0.05) is 22.6 Å². The standard InChI is InChI=1S/C14H13IN2O7S/c1-25(22,23)10-6-12(19)17(13(10)20)24-14(21)8-2-4-9(5-3-8)16-11(18)7-15/h2-5,10H,1,6-7H2,(H,16,18)(H,22,23). The van der Waals surface area contributed by atoms with Crippen molar-refractivity contribution in [3.05, 3.63) is 29.8 Å². The van der Waals surface area contributed by atoms with E-state index >= 15 is 0 Å². The lowest BCUT2D eigenvalue weighted by molar-refractivity contribution is -0.172. The summed E-state index contributed by atoms with van der Waals surface area (Å²) in [6.07, 6.45) is -0.563. The summed E-state index contributed by atoms with van der Waals surface area (Å²) >= 11 is 1.90. The number of hydroxylamine groups is 2. The van der Waals surface area contributed by atoms with Crippen LogP contribution in [0.4, 0.5) is 5.69 Å². The Balaban J connectivity index is 2.08. The molecule has 0 bridgehead atoms. The van der Waals surface area contributed by atoms with Crippen molar-refractivity contribution in [2.24, 2.45) is 0 Å². The number of alkyl halides is 1. The van der Waals surface area contributed by atoms with Gasteiger partial charge in [0.25, 0.3) is 11.8 Å². The van der Waals surface area contributed by atoms with E-state index in [1.165, 1.54) is 24.3 Å². The Morgan fingerprint density at radius 3 is 2.44 bits per heavy atom. The van der Waals surface area contributed by atoms with E-state index in [-0.39, 0.29) is 21.0 Å². The highest BCUT2D eigenvalue weighted by molar-refractivity contribution is 14.1. The van der Waals surface area contributed by atoms with Crippen molar-refractivity contribution < 1.29 is 32.8 Å². The number of nitrogens with zero attached hydrogens (tertiary/aromatic N) is 1. The second-order valence-corrected chi connectivity index (χ2v) is 7.76. The van der Waals surface area contributed by atoms with Gasteiger partial charge in [-0.15, -0.1) is 5.06 Å². The molecule has 2 rings (SSSR count). The zero-order chi connectivity index (χ0) is 18.8. The minimum atomic E-state index is -3.78. The van der Waals surface area contributed by atoms with Gasteiger partial charge in [0.15, 0.2) is 0 Å². The highest BCUT2D eigenvalue weighted by Gasteiger charge is 2.45. The molecule has 9 nitrogen and oxygen atoms in total. The molecule has 0 radical (unpaired) electrons. The Hall–Kier alpha value is -1.99. The smallest absolute Gasteiger partial charge is 0.325 e. The highest BCUT2D eigenvalue weighted by Crippen LogP contribution is 2.21. The van der Waals surface area contributed by atoms with Crippen LogP contribution in [0.25, 0.3) is 0 Å². The molecule has 2 unspecified atom stereocenters. The highest BCUT2D eigenvalue weighted by atomic mass is 127. The molecule has 0 aromatic heterocycles.